The Bertz CT molecular complexity index is 503. The first-order valence-electron chi connectivity index (χ1n) is 7.17. The van der Waals surface area contributed by atoms with Crippen LogP contribution in [0.5, 0.6) is 0 Å². The maximum absolute atomic E-state index is 5.48. The van der Waals surface area contributed by atoms with Crippen LogP contribution in [0.4, 0.5) is 5.69 Å². The number of nitrogens with one attached hydrogen (secondary N) is 1. The molecule has 3 aliphatic heterocycles. The van der Waals surface area contributed by atoms with Crippen molar-refractivity contribution >= 4 is 23.0 Å². The first kappa shape index (κ1) is 12.6. The third kappa shape index (κ3) is 2.10. The molecule has 4 rings (SSSR count). The van der Waals surface area contributed by atoms with Gasteiger partial charge in [0.2, 0.25) is 0 Å². The molecule has 0 aromatic heterocycles. The molecule has 1 N–H and O–H groups in total. The summed E-state index contributed by atoms with van der Waals surface area (Å²) in [7, 11) is 0. The Balaban J connectivity index is 1.26. The molecule has 4 nitrogen and oxygen atoms in total. The SMILES string of the molecule is S=C(Nc1ccccc1)N1CC2(C1)CN(C1COC1)C2. The van der Waals surface area contributed by atoms with E-state index in [1.54, 1.807) is 0 Å². The highest BCUT2D eigenvalue weighted by molar-refractivity contribution is 7.80. The topological polar surface area (TPSA) is 27.7 Å². The van der Waals surface area contributed by atoms with E-state index in [4.69, 9.17) is 17.0 Å². The van der Waals surface area contributed by atoms with Gasteiger partial charge in [0.05, 0.1) is 19.3 Å². The molecule has 3 saturated heterocycles. The normalized spacial score (nSPS) is 24.7. The molecule has 5 heteroatoms. The van der Waals surface area contributed by atoms with Crippen LogP contribution in [0.1, 0.15) is 0 Å². The molecule has 0 amide bonds. The van der Waals surface area contributed by atoms with Crippen LogP contribution in [-0.2, 0) is 4.74 Å². The Morgan fingerprint density at radius 3 is 2.45 bits per heavy atom. The van der Waals surface area contributed by atoms with Gasteiger partial charge < -0.3 is 15.0 Å². The third-order valence-electron chi connectivity index (χ3n) is 4.58. The zero-order valence-corrected chi connectivity index (χ0v) is 12.2. The van der Waals surface area contributed by atoms with Gasteiger partial charge in [-0.15, -0.1) is 0 Å². The Labute approximate surface area is 124 Å². The Kier molecular flexibility index (Phi) is 2.94. The van der Waals surface area contributed by atoms with Gasteiger partial charge >= 0.3 is 0 Å². The van der Waals surface area contributed by atoms with Gasteiger partial charge in [0, 0.05) is 37.3 Å². The fraction of sp³-hybridized carbons (Fsp3) is 0.533. The van der Waals surface area contributed by atoms with Crippen molar-refractivity contribution in [1.82, 2.24) is 9.80 Å². The molecule has 0 bridgehead atoms. The Morgan fingerprint density at radius 1 is 1.15 bits per heavy atom. The number of benzene rings is 1. The van der Waals surface area contributed by atoms with Gasteiger partial charge in [0.15, 0.2) is 5.11 Å². The molecule has 0 radical (unpaired) electrons. The second-order valence-electron chi connectivity index (χ2n) is 6.25. The summed E-state index contributed by atoms with van der Waals surface area (Å²) in [6, 6.07) is 10.8. The van der Waals surface area contributed by atoms with E-state index in [0.29, 0.717) is 11.5 Å². The molecule has 3 fully saturated rings. The van der Waals surface area contributed by atoms with E-state index >= 15 is 0 Å². The van der Waals surface area contributed by atoms with E-state index in [0.717, 1.165) is 37.1 Å². The lowest BCUT2D eigenvalue weighted by Crippen LogP contribution is -2.76. The number of hydrogen-bond donors (Lipinski definition) is 1. The number of nitrogens with zero attached hydrogens (tertiary/aromatic N) is 2. The Morgan fingerprint density at radius 2 is 1.85 bits per heavy atom. The van der Waals surface area contributed by atoms with Crippen LogP contribution >= 0.6 is 12.2 Å². The lowest BCUT2D eigenvalue weighted by molar-refractivity contribution is -0.162. The molecule has 3 aliphatic rings. The van der Waals surface area contributed by atoms with Crippen LogP contribution in [-0.4, -0.2) is 60.3 Å². The smallest absolute Gasteiger partial charge is 0.173 e. The molecular formula is C15H19N3OS. The predicted molar refractivity (Wildman–Crippen MR) is 82.8 cm³/mol. The highest BCUT2D eigenvalue weighted by atomic mass is 32.1. The predicted octanol–water partition coefficient (Wildman–Crippen LogP) is 1.40. The Hall–Kier alpha value is -1.17. The summed E-state index contributed by atoms with van der Waals surface area (Å²) in [5.41, 5.74) is 1.57. The minimum Gasteiger partial charge on any atom is -0.378 e. The van der Waals surface area contributed by atoms with Crippen LogP contribution < -0.4 is 5.32 Å². The van der Waals surface area contributed by atoms with E-state index in [9.17, 15) is 0 Å². The van der Waals surface area contributed by atoms with Crippen molar-refractivity contribution in [2.24, 2.45) is 5.41 Å². The molecule has 0 saturated carbocycles. The summed E-state index contributed by atoms with van der Waals surface area (Å²) < 4.78 is 5.25. The van der Waals surface area contributed by atoms with Crippen molar-refractivity contribution in [3.05, 3.63) is 30.3 Å². The molecule has 1 spiro atoms. The van der Waals surface area contributed by atoms with Crippen LogP contribution in [0.3, 0.4) is 0 Å². The first-order valence-corrected chi connectivity index (χ1v) is 7.58. The molecule has 1 aromatic rings. The average Bonchev–Trinajstić information content (AvgIpc) is 2.29. The number of anilines is 1. The standard InChI is InChI=1S/C15H19N3OS/c20-14(16-12-4-2-1-3-5-12)18-10-15(11-18)8-17(9-15)13-6-19-7-13/h1-5,13H,6-11H2,(H,16,20). The second-order valence-corrected chi connectivity index (χ2v) is 6.64. The molecule has 106 valence electrons. The molecule has 20 heavy (non-hydrogen) atoms. The van der Waals surface area contributed by atoms with E-state index in [-0.39, 0.29) is 0 Å². The van der Waals surface area contributed by atoms with Gasteiger partial charge in [-0.25, -0.2) is 0 Å². The fourth-order valence-electron chi connectivity index (χ4n) is 3.34. The number of para-hydroxylation sites is 1. The maximum Gasteiger partial charge on any atom is 0.173 e. The van der Waals surface area contributed by atoms with Crippen LogP contribution in [0.25, 0.3) is 0 Å². The first-order chi connectivity index (χ1) is 9.74. The zero-order chi connectivity index (χ0) is 13.6. The lowest BCUT2D eigenvalue weighted by Gasteiger charge is -2.63. The molecule has 1 aromatic carbocycles. The number of likely N-dealkylation sites (tertiary alicyclic amines) is 2. The molecule has 3 heterocycles. The van der Waals surface area contributed by atoms with Gasteiger partial charge in [-0.3, -0.25) is 4.90 Å². The van der Waals surface area contributed by atoms with Gasteiger partial charge in [0.25, 0.3) is 0 Å². The van der Waals surface area contributed by atoms with E-state index in [1.807, 2.05) is 30.3 Å². The van der Waals surface area contributed by atoms with Crippen molar-refractivity contribution in [3.63, 3.8) is 0 Å². The minimum atomic E-state index is 0.498. The van der Waals surface area contributed by atoms with E-state index in [2.05, 4.69) is 15.1 Å². The third-order valence-corrected chi connectivity index (χ3v) is 4.94. The van der Waals surface area contributed by atoms with Gasteiger partial charge in [-0.2, -0.15) is 0 Å². The fourth-order valence-corrected chi connectivity index (χ4v) is 3.59. The summed E-state index contributed by atoms with van der Waals surface area (Å²) in [4.78, 5) is 4.82. The number of hydrogen-bond acceptors (Lipinski definition) is 3. The summed E-state index contributed by atoms with van der Waals surface area (Å²) in [5.74, 6) is 0. The zero-order valence-electron chi connectivity index (χ0n) is 11.4. The van der Waals surface area contributed by atoms with E-state index in [1.165, 1.54) is 13.1 Å². The van der Waals surface area contributed by atoms with Gasteiger partial charge in [-0.05, 0) is 24.4 Å². The summed E-state index contributed by atoms with van der Waals surface area (Å²) >= 11 is 5.48. The minimum absolute atomic E-state index is 0.498. The largest absolute Gasteiger partial charge is 0.378 e. The van der Waals surface area contributed by atoms with Crippen molar-refractivity contribution in [2.75, 3.05) is 44.7 Å². The summed E-state index contributed by atoms with van der Waals surface area (Å²) in [6.07, 6.45) is 0. The highest BCUT2D eigenvalue weighted by Gasteiger charge is 2.54. The molecule has 0 unspecified atom stereocenters. The van der Waals surface area contributed by atoms with Crippen LogP contribution in [0.15, 0.2) is 30.3 Å². The van der Waals surface area contributed by atoms with Gasteiger partial charge in [-0.1, -0.05) is 18.2 Å². The molecular weight excluding hydrogens is 270 g/mol. The maximum atomic E-state index is 5.48. The van der Waals surface area contributed by atoms with Gasteiger partial charge in [0.1, 0.15) is 0 Å². The van der Waals surface area contributed by atoms with Crippen LogP contribution in [0.2, 0.25) is 0 Å². The number of rotatable bonds is 2. The van der Waals surface area contributed by atoms with Crippen molar-refractivity contribution in [2.45, 2.75) is 6.04 Å². The van der Waals surface area contributed by atoms with Crippen molar-refractivity contribution < 1.29 is 4.74 Å². The summed E-state index contributed by atoms with van der Waals surface area (Å²) in [5, 5.41) is 4.16. The average molecular weight is 289 g/mol. The van der Waals surface area contributed by atoms with E-state index < -0.39 is 0 Å². The quantitative estimate of drug-likeness (QED) is 0.831. The van der Waals surface area contributed by atoms with Crippen LogP contribution in [0, 0.1) is 5.41 Å². The number of thiocarbonyl (C=S) groups is 1. The lowest BCUT2D eigenvalue weighted by atomic mass is 9.72. The molecule has 0 atom stereocenters. The van der Waals surface area contributed by atoms with Crippen molar-refractivity contribution in [1.29, 1.82) is 0 Å². The summed E-state index contributed by atoms with van der Waals surface area (Å²) in [6.45, 7) is 6.46. The second kappa shape index (κ2) is 4.69. The molecule has 0 aliphatic carbocycles. The highest BCUT2D eigenvalue weighted by Crippen LogP contribution is 2.41. The monoisotopic (exact) mass is 289 g/mol. The van der Waals surface area contributed by atoms with Crippen molar-refractivity contribution in [3.8, 4) is 0 Å². The number of ether oxygens (including phenoxy) is 1.